The Morgan fingerprint density at radius 2 is 2.10 bits per heavy atom. The third kappa shape index (κ3) is 3.28. The Bertz CT molecular complexity index is 646. The highest BCUT2D eigenvalue weighted by atomic mass is 16.5. The van der Waals surface area contributed by atoms with E-state index in [0.29, 0.717) is 24.4 Å². The van der Waals surface area contributed by atoms with E-state index in [1.165, 1.54) is 0 Å². The highest BCUT2D eigenvalue weighted by molar-refractivity contribution is 6.03. The van der Waals surface area contributed by atoms with Crippen LogP contribution in [0.4, 0.5) is 0 Å². The molecule has 0 fully saturated rings. The van der Waals surface area contributed by atoms with Crippen molar-refractivity contribution in [1.82, 2.24) is 0 Å². The van der Waals surface area contributed by atoms with Gasteiger partial charge in [0.1, 0.15) is 5.58 Å². The quantitative estimate of drug-likeness (QED) is 0.370. The van der Waals surface area contributed by atoms with Crippen LogP contribution in [0.5, 0.6) is 5.75 Å². The minimum Gasteiger partial charge on any atom is -0.489 e. The van der Waals surface area contributed by atoms with Crippen LogP contribution in [0.25, 0.3) is 11.0 Å². The van der Waals surface area contributed by atoms with Gasteiger partial charge >= 0.3 is 0 Å². The molecule has 6 heteroatoms. The van der Waals surface area contributed by atoms with Gasteiger partial charge in [-0.15, -0.1) is 0 Å². The number of hydrogen-bond donors (Lipinski definition) is 2. The summed E-state index contributed by atoms with van der Waals surface area (Å²) in [6.07, 6.45) is 0.693. The molecule has 1 aromatic carbocycles. The molecular formula is C15H20N2O4. The van der Waals surface area contributed by atoms with Crippen LogP contribution in [0.1, 0.15) is 26.0 Å². The molecule has 0 saturated heterocycles. The van der Waals surface area contributed by atoms with Crippen LogP contribution in [0.2, 0.25) is 0 Å². The van der Waals surface area contributed by atoms with Gasteiger partial charge in [-0.25, -0.2) is 0 Å². The summed E-state index contributed by atoms with van der Waals surface area (Å²) in [6.45, 7) is 4.39. The molecule has 114 valence electrons. The first-order valence-electron chi connectivity index (χ1n) is 6.66. The number of hydrogen-bond acceptors (Lipinski definition) is 5. The van der Waals surface area contributed by atoms with E-state index in [-0.39, 0.29) is 17.2 Å². The number of para-hydroxylation sites is 1. The van der Waals surface area contributed by atoms with Crippen molar-refractivity contribution in [3.05, 3.63) is 30.0 Å². The second-order valence-corrected chi connectivity index (χ2v) is 5.30. The van der Waals surface area contributed by atoms with E-state index >= 15 is 0 Å². The van der Waals surface area contributed by atoms with Crippen LogP contribution in [0.3, 0.4) is 0 Å². The topological polar surface area (TPSA) is 90.2 Å². The molecule has 0 radical (unpaired) electrons. The van der Waals surface area contributed by atoms with Crippen LogP contribution in [-0.2, 0) is 4.74 Å². The number of rotatable bonds is 6. The van der Waals surface area contributed by atoms with E-state index in [9.17, 15) is 0 Å². The smallest absolute Gasteiger partial charge is 0.215 e. The maximum Gasteiger partial charge on any atom is 0.215 e. The molecule has 3 N–H and O–H groups in total. The van der Waals surface area contributed by atoms with Crippen molar-refractivity contribution >= 4 is 16.8 Å². The Balaban J connectivity index is 2.28. The predicted molar refractivity (Wildman–Crippen MR) is 79.9 cm³/mol. The summed E-state index contributed by atoms with van der Waals surface area (Å²) in [7, 11) is 1.66. The van der Waals surface area contributed by atoms with Crippen LogP contribution >= 0.6 is 0 Å². The number of nitrogens with zero attached hydrogens (tertiary/aromatic N) is 1. The van der Waals surface area contributed by atoms with Gasteiger partial charge in [0.15, 0.2) is 5.75 Å². The van der Waals surface area contributed by atoms with E-state index in [0.717, 1.165) is 5.39 Å². The van der Waals surface area contributed by atoms with E-state index in [1.807, 2.05) is 32.0 Å². The molecular weight excluding hydrogens is 272 g/mol. The summed E-state index contributed by atoms with van der Waals surface area (Å²) in [5.41, 5.74) is 5.99. The Morgan fingerprint density at radius 3 is 2.76 bits per heavy atom. The molecule has 0 spiro atoms. The van der Waals surface area contributed by atoms with Gasteiger partial charge in [0.2, 0.25) is 11.6 Å². The minimum atomic E-state index is -0.281. The van der Waals surface area contributed by atoms with Crippen LogP contribution < -0.4 is 10.5 Å². The highest BCUT2D eigenvalue weighted by Crippen LogP contribution is 2.33. The standard InChI is InChI=1S/C15H20N2O4/c1-15(2,19-3)8-9-20-12-10-6-4-5-7-11(10)21-13(12)14(16)17-18/h4-7,18H,8-9H2,1-3H3,(H2,16,17). The summed E-state index contributed by atoms with van der Waals surface area (Å²) < 4.78 is 16.7. The van der Waals surface area contributed by atoms with Crippen molar-refractivity contribution in [2.45, 2.75) is 25.9 Å². The molecule has 1 aromatic heterocycles. The number of ether oxygens (including phenoxy) is 2. The summed E-state index contributed by atoms with van der Waals surface area (Å²) in [5.74, 6) is 0.592. The summed E-state index contributed by atoms with van der Waals surface area (Å²) in [5, 5.41) is 12.6. The van der Waals surface area contributed by atoms with Crippen molar-refractivity contribution < 1.29 is 19.1 Å². The fourth-order valence-corrected chi connectivity index (χ4v) is 1.88. The zero-order valence-electron chi connectivity index (χ0n) is 12.4. The van der Waals surface area contributed by atoms with Gasteiger partial charge < -0.3 is 24.8 Å². The number of nitrogens with two attached hydrogens (primary N) is 1. The van der Waals surface area contributed by atoms with E-state index in [2.05, 4.69) is 5.16 Å². The van der Waals surface area contributed by atoms with Crippen LogP contribution in [0, 0.1) is 0 Å². The molecule has 0 atom stereocenters. The summed E-state index contributed by atoms with van der Waals surface area (Å²) in [4.78, 5) is 0. The minimum absolute atomic E-state index is 0.118. The third-order valence-corrected chi connectivity index (χ3v) is 3.39. The average Bonchev–Trinajstić information content (AvgIpc) is 2.85. The number of methoxy groups -OCH3 is 1. The van der Waals surface area contributed by atoms with Gasteiger partial charge in [-0.1, -0.05) is 17.3 Å². The van der Waals surface area contributed by atoms with Gasteiger partial charge in [0, 0.05) is 13.5 Å². The lowest BCUT2D eigenvalue weighted by atomic mass is 10.1. The van der Waals surface area contributed by atoms with Gasteiger partial charge in [-0.3, -0.25) is 0 Å². The predicted octanol–water partition coefficient (Wildman–Crippen LogP) is 2.72. The maximum atomic E-state index is 8.86. The lowest BCUT2D eigenvalue weighted by molar-refractivity contribution is 0.00548. The van der Waals surface area contributed by atoms with Crippen molar-refractivity contribution in [3.8, 4) is 5.75 Å². The molecule has 0 aliphatic carbocycles. The maximum absolute atomic E-state index is 8.86. The van der Waals surface area contributed by atoms with Crippen molar-refractivity contribution in [2.75, 3.05) is 13.7 Å². The molecule has 0 bridgehead atoms. The van der Waals surface area contributed by atoms with E-state index < -0.39 is 0 Å². The first-order chi connectivity index (χ1) is 9.98. The Kier molecular flexibility index (Phi) is 4.37. The van der Waals surface area contributed by atoms with Crippen molar-refractivity contribution in [1.29, 1.82) is 0 Å². The largest absolute Gasteiger partial charge is 0.489 e. The fourth-order valence-electron chi connectivity index (χ4n) is 1.88. The molecule has 1 heterocycles. The second-order valence-electron chi connectivity index (χ2n) is 5.30. The van der Waals surface area contributed by atoms with Crippen LogP contribution in [-0.4, -0.2) is 30.4 Å². The Hall–Kier alpha value is -2.21. The number of amidine groups is 1. The molecule has 0 aliphatic heterocycles. The molecule has 0 amide bonds. The van der Waals surface area contributed by atoms with Gasteiger partial charge in [-0.05, 0) is 26.0 Å². The van der Waals surface area contributed by atoms with Gasteiger partial charge in [0.25, 0.3) is 0 Å². The van der Waals surface area contributed by atoms with Crippen molar-refractivity contribution in [3.63, 3.8) is 0 Å². The van der Waals surface area contributed by atoms with Crippen LogP contribution in [0.15, 0.2) is 33.8 Å². The molecule has 0 aliphatic rings. The fraction of sp³-hybridized carbons (Fsp3) is 0.400. The summed E-state index contributed by atoms with van der Waals surface area (Å²) >= 11 is 0. The monoisotopic (exact) mass is 292 g/mol. The second kappa shape index (κ2) is 6.05. The number of oxime groups is 1. The number of furan rings is 1. The SMILES string of the molecule is COC(C)(C)CCOc1c(/C(N)=N/O)oc2ccccc12. The van der Waals surface area contributed by atoms with E-state index in [4.69, 9.17) is 24.8 Å². The molecule has 21 heavy (non-hydrogen) atoms. The normalized spacial score (nSPS) is 12.8. The lowest BCUT2D eigenvalue weighted by Gasteiger charge is -2.22. The first kappa shape index (κ1) is 15.2. The lowest BCUT2D eigenvalue weighted by Crippen LogP contribution is -2.25. The van der Waals surface area contributed by atoms with Gasteiger partial charge in [0.05, 0.1) is 17.6 Å². The van der Waals surface area contributed by atoms with E-state index in [1.54, 1.807) is 13.2 Å². The summed E-state index contributed by atoms with van der Waals surface area (Å²) in [6, 6.07) is 7.39. The third-order valence-electron chi connectivity index (χ3n) is 3.39. The van der Waals surface area contributed by atoms with Crippen molar-refractivity contribution in [2.24, 2.45) is 10.9 Å². The Labute approximate surface area is 123 Å². The molecule has 2 rings (SSSR count). The molecule has 0 saturated carbocycles. The zero-order chi connectivity index (χ0) is 15.5. The Morgan fingerprint density at radius 1 is 1.38 bits per heavy atom. The molecule has 6 nitrogen and oxygen atoms in total. The average molecular weight is 292 g/mol. The number of benzene rings is 1. The zero-order valence-corrected chi connectivity index (χ0v) is 12.4. The molecule has 2 aromatic rings. The molecule has 0 unspecified atom stereocenters. The first-order valence-corrected chi connectivity index (χ1v) is 6.66. The highest BCUT2D eigenvalue weighted by Gasteiger charge is 2.21. The van der Waals surface area contributed by atoms with Gasteiger partial charge in [-0.2, -0.15) is 0 Å². The number of fused-ring (bicyclic) bond motifs is 1.